The van der Waals surface area contributed by atoms with Gasteiger partial charge in [0.2, 0.25) is 11.8 Å². The molecule has 2 amide bonds. The number of nitrogens with one attached hydrogen (secondary N) is 1. The Bertz CT molecular complexity index is 803. The molecule has 1 fully saturated rings. The molecule has 28 heavy (non-hydrogen) atoms. The molecule has 0 radical (unpaired) electrons. The van der Waals surface area contributed by atoms with Gasteiger partial charge in [-0.3, -0.25) is 9.59 Å². The molecule has 4 nitrogen and oxygen atoms in total. The molecular weight excluding hydrogens is 372 g/mol. The zero-order valence-corrected chi connectivity index (χ0v) is 17.0. The van der Waals surface area contributed by atoms with Gasteiger partial charge in [-0.1, -0.05) is 73.0 Å². The lowest BCUT2D eigenvalue weighted by molar-refractivity contribution is -0.140. The Morgan fingerprint density at radius 2 is 1.71 bits per heavy atom. The molecule has 0 unspecified atom stereocenters. The Morgan fingerprint density at radius 3 is 2.39 bits per heavy atom. The molecule has 2 aromatic rings. The Labute approximate surface area is 171 Å². The van der Waals surface area contributed by atoms with E-state index in [1.54, 1.807) is 17.9 Å². The highest BCUT2D eigenvalue weighted by atomic mass is 35.5. The van der Waals surface area contributed by atoms with Crippen LogP contribution in [0, 0.1) is 0 Å². The minimum absolute atomic E-state index is 0.0832. The van der Waals surface area contributed by atoms with E-state index >= 15 is 0 Å². The first-order valence-electron chi connectivity index (χ1n) is 9.92. The number of benzene rings is 2. The first-order chi connectivity index (χ1) is 13.5. The highest BCUT2D eigenvalue weighted by Crippen LogP contribution is 2.21. The number of rotatable bonds is 7. The molecule has 0 aliphatic heterocycles. The van der Waals surface area contributed by atoms with Crippen LogP contribution in [0.4, 0.5) is 0 Å². The Morgan fingerprint density at radius 1 is 1.07 bits per heavy atom. The van der Waals surface area contributed by atoms with E-state index in [0.717, 1.165) is 36.8 Å². The van der Waals surface area contributed by atoms with Gasteiger partial charge in [0.15, 0.2) is 0 Å². The van der Waals surface area contributed by atoms with Crippen molar-refractivity contribution in [3.05, 3.63) is 70.7 Å². The minimum atomic E-state index is -0.562. The molecule has 3 rings (SSSR count). The lowest BCUT2D eigenvalue weighted by Crippen LogP contribution is -2.50. The van der Waals surface area contributed by atoms with Crippen molar-refractivity contribution in [3.8, 4) is 0 Å². The van der Waals surface area contributed by atoms with Crippen LogP contribution in [0.3, 0.4) is 0 Å². The molecule has 1 aliphatic carbocycles. The van der Waals surface area contributed by atoms with Gasteiger partial charge in [-0.15, -0.1) is 0 Å². The van der Waals surface area contributed by atoms with Gasteiger partial charge in [0.05, 0.1) is 6.42 Å². The standard InChI is InChI=1S/C23H27ClN2O2/c1-17(23(28)25-20-12-6-7-13-20)26(16-19-11-5-8-14-21(19)24)22(27)15-18-9-3-2-4-10-18/h2-5,8-11,14,17,20H,6-7,12-13,15-16H2,1H3,(H,25,28)/t17-/m0/s1. The van der Waals surface area contributed by atoms with Crippen molar-refractivity contribution in [2.24, 2.45) is 0 Å². The molecule has 0 aromatic heterocycles. The summed E-state index contributed by atoms with van der Waals surface area (Å²) in [5.74, 6) is -0.180. The van der Waals surface area contributed by atoms with E-state index < -0.39 is 6.04 Å². The number of carbonyl (C=O) groups is 2. The third-order valence-electron chi connectivity index (χ3n) is 5.37. The molecule has 1 saturated carbocycles. The summed E-state index contributed by atoms with van der Waals surface area (Å²) < 4.78 is 0. The molecule has 0 heterocycles. The van der Waals surface area contributed by atoms with E-state index in [4.69, 9.17) is 11.6 Å². The Hall–Kier alpha value is -2.33. The van der Waals surface area contributed by atoms with E-state index in [1.165, 1.54) is 0 Å². The third kappa shape index (κ3) is 5.35. The van der Waals surface area contributed by atoms with Gasteiger partial charge < -0.3 is 10.2 Å². The zero-order valence-electron chi connectivity index (χ0n) is 16.2. The number of halogens is 1. The second-order valence-corrected chi connectivity index (χ2v) is 7.85. The maximum atomic E-state index is 13.1. The normalized spacial score (nSPS) is 15.2. The summed E-state index contributed by atoms with van der Waals surface area (Å²) in [6.07, 6.45) is 4.58. The predicted octanol–water partition coefficient (Wildman–Crippen LogP) is 4.36. The zero-order chi connectivity index (χ0) is 19.9. The summed E-state index contributed by atoms with van der Waals surface area (Å²) in [6, 6.07) is 16.7. The lowest BCUT2D eigenvalue weighted by atomic mass is 10.1. The van der Waals surface area contributed by atoms with Crippen LogP contribution in [0.2, 0.25) is 5.02 Å². The molecule has 1 atom stereocenters. The van der Waals surface area contributed by atoms with Crippen molar-refractivity contribution in [1.29, 1.82) is 0 Å². The van der Waals surface area contributed by atoms with Crippen molar-refractivity contribution >= 4 is 23.4 Å². The largest absolute Gasteiger partial charge is 0.352 e. The fourth-order valence-electron chi connectivity index (χ4n) is 3.66. The molecular formula is C23H27ClN2O2. The molecule has 0 bridgehead atoms. The predicted molar refractivity (Wildman–Crippen MR) is 112 cm³/mol. The van der Waals surface area contributed by atoms with Crippen molar-refractivity contribution in [2.45, 2.75) is 57.7 Å². The van der Waals surface area contributed by atoms with Gasteiger partial charge in [-0.25, -0.2) is 0 Å². The molecule has 148 valence electrons. The number of carbonyl (C=O) groups excluding carboxylic acids is 2. The van der Waals surface area contributed by atoms with E-state index in [1.807, 2.05) is 48.5 Å². The number of hydrogen-bond acceptors (Lipinski definition) is 2. The first-order valence-corrected chi connectivity index (χ1v) is 10.3. The second kappa shape index (κ2) is 9.74. The lowest BCUT2D eigenvalue weighted by Gasteiger charge is -2.30. The summed E-state index contributed by atoms with van der Waals surface area (Å²) in [7, 11) is 0. The van der Waals surface area contributed by atoms with E-state index in [-0.39, 0.29) is 24.3 Å². The monoisotopic (exact) mass is 398 g/mol. The maximum absolute atomic E-state index is 13.1. The fourth-order valence-corrected chi connectivity index (χ4v) is 3.85. The van der Waals surface area contributed by atoms with E-state index in [0.29, 0.717) is 11.6 Å². The third-order valence-corrected chi connectivity index (χ3v) is 5.73. The van der Waals surface area contributed by atoms with Crippen molar-refractivity contribution < 1.29 is 9.59 Å². The van der Waals surface area contributed by atoms with Crippen LogP contribution in [0.1, 0.15) is 43.7 Å². The molecule has 0 spiro atoms. The van der Waals surface area contributed by atoms with Crippen LogP contribution in [-0.4, -0.2) is 28.8 Å². The molecule has 2 aromatic carbocycles. The van der Waals surface area contributed by atoms with E-state index in [2.05, 4.69) is 5.32 Å². The van der Waals surface area contributed by atoms with Gasteiger partial charge in [0.25, 0.3) is 0 Å². The van der Waals surface area contributed by atoms with Crippen molar-refractivity contribution in [3.63, 3.8) is 0 Å². The van der Waals surface area contributed by atoms with Crippen LogP contribution >= 0.6 is 11.6 Å². The SMILES string of the molecule is C[C@@H](C(=O)NC1CCCC1)N(Cc1ccccc1Cl)C(=O)Cc1ccccc1. The highest BCUT2D eigenvalue weighted by molar-refractivity contribution is 6.31. The summed E-state index contributed by atoms with van der Waals surface area (Å²) in [5, 5.41) is 3.71. The second-order valence-electron chi connectivity index (χ2n) is 7.44. The molecule has 1 aliphatic rings. The van der Waals surface area contributed by atoms with Gasteiger partial charge in [0.1, 0.15) is 6.04 Å². The summed E-state index contributed by atoms with van der Waals surface area (Å²) in [6.45, 7) is 2.11. The maximum Gasteiger partial charge on any atom is 0.242 e. The quantitative estimate of drug-likeness (QED) is 0.753. The summed E-state index contributed by atoms with van der Waals surface area (Å²) in [5.41, 5.74) is 1.77. The average molecular weight is 399 g/mol. The van der Waals surface area contributed by atoms with Crippen LogP contribution in [0.25, 0.3) is 0 Å². The van der Waals surface area contributed by atoms with Gasteiger partial charge >= 0.3 is 0 Å². The summed E-state index contributed by atoms with van der Waals surface area (Å²) >= 11 is 6.32. The van der Waals surface area contributed by atoms with Gasteiger partial charge in [-0.2, -0.15) is 0 Å². The topological polar surface area (TPSA) is 49.4 Å². The number of nitrogens with zero attached hydrogens (tertiary/aromatic N) is 1. The number of amides is 2. The van der Waals surface area contributed by atoms with Crippen LogP contribution < -0.4 is 5.32 Å². The molecule has 5 heteroatoms. The number of hydrogen-bond donors (Lipinski definition) is 1. The average Bonchev–Trinajstić information content (AvgIpc) is 3.20. The smallest absolute Gasteiger partial charge is 0.242 e. The van der Waals surface area contributed by atoms with Crippen molar-refractivity contribution in [1.82, 2.24) is 10.2 Å². The highest BCUT2D eigenvalue weighted by Gasteiger charge is 2.28. The molecule has 1 N–H and O–H groups in total. The molecule has 0 saturated heterocycles. The Kier molecular flexibility index (Phi) is 7.10. The minimum Gasteiger partial charge on any atom is -0.352 e. The van der Waals surface area contributed by atoms with Crippen LogP contribution in [0.5, 0.6) is 0 Å². The first kappa shape index (κ1) is 20.4. The van der Waals surface area contributed by atoms with Crippen LogP contribution in [-0.2, 0) is 22.6 Å². The van der Waals surface area contributed by atoms with Crippen LogP contribution in [0.15, 0.2) is 54.6 Å². The van der Waals surface area contributed by atoms with E-state index in [9.17, 15) is 9.59 Å². The van der Waals surface area contributed by atoms with Gasteiger partial charge in [0, 0.05) is 17.6 Å². The van der Waals surface area contributed by atoms with Gasteiger partial charge in [-0.05, 0) is 37.0 Å². The fraction of sp³-hybridized carbons (Fsp3) is 0.391. The van der Waals surface area contributed by atoms with Crippen molar-refractivity contribution in [2.75, 3.05) is 0 Å². The summed E-state index contributed by atoms with van der Waals surface area (Å²) in [4.78, 5) is 27.6. The Balaban J connectivity index is 1.77.